The quantitative estimate of drug-likeness (QED) is 0.845. The minimum absolute atomic E-state index is 0.193. The predicted molar refractivity (Wildman–Crippen MR) is 83.3 cm³/mol. The first-order valence-electron chi connectivity index (χ1n) is 7.01. The van der Waals surface area contributed by atoms with Gasteiger partial charge in [-0.1, -0.05) is 26.6 Å². The van der Waals surface area contributed by atoms with E-state index in [1.165, 1.54) is 0 Å². The molecule has 5 nitrogen and oxygen atoms in total. The van der Waals surface area contributed by atoms with Gasteiger partial charge in [-0.2, -0.15) is 4.98 Å². The molecule has 2 rings (SSSR count). The van der Waals surface area contributed by atoms with Gasteiger partial charge < -0.3 is 10.5 Å². The maximum atomic E-state index is 12.0. The molecule has 1 aromatic heterocycles. The largest absolute Gasteiger partial charge is 0.383 e. The van der Waals surface area contributed by atoms with Crippen molar-refractivity contribution in [2.24, 2.45) is 11.8 Å². The van der Waals surface area contributed by atoms with E-state index in [1.54, 1.807) is 16.8 Å². The first-order chi connectivity index (χ1) is 9.58. The Balaban J connectivity index is 2.24. The fraction of sp³-hybridized carbons (Fsp3) is 0.643. The van der Waals surface area contributed by atoms with Crippen LogP contribution < -0.4 is 11.4 Å². The molecule has 4 atom stereocenters. The highest BCUT2D eigenvalue weighted by atomic mass is 31.1. The van der Waals surface area contributed by atoms with E-state index in [9.17, 15) is 4.79 Å². The van der Waals surface area contributed by atoms with Crippen molar-refractivity contribution in [3.05, 3.63) is 22.7 Å². The van der Waals surface area contributed by atoms with Gasteiger partial charge in [0.25, 0.3) is 0 Å². The third kappa shape index (κ3) is 2.94. The Bertz CT molecular complexity index is 531. The molecule has 1 aliphatic rings. The van der Waals surface area contributed by atoms with Crippen LogP contribution in [0.3, 0.4) is 0 Å². The van der Waals surface area contributed by atoms with Gasteiger partial charge in [0.2, 0.25) is 0 Å². The molecule has 0 saturated carbocycles. The summed E-state index contributed by atoms with van der Waals surface area (Å²) in [7, 11) is 1.14. The number of nitrogens with zero attached hydrogens (tertiary/aromatic N) is 2. The summed E-state index contributed by atoms with van der Waals surface area (Å²) in [6.07, 6.45) is 8.55. The van der Waals surface area contributed by atoms with Crippen LogP contribution in [0.1, 0.15) is 32.9 Å². The second kappa shape index (κ2) is 6.51. The fourth-order valence-electron chi connectivity index (χ4n) is 3.03. The average molecular weight is 295 g/mol. The van der Waals surface area contributed by atoms with Gasteiger partial charge in [0, 0.05) is 12.1 Å². The van der Waals surface area contributed by atoms with Crippen molar-refractivity contribution < 1.29 is 4.74 Å². The molecule has 1 fully saturated rings. The summed E-state index contributed by atoms with van der Waals surface area (Å²) in [6.45, 7) is 4.31. The van der Waals surface area contributed by atoms with Gasteiger partial charge in [0.15, 0.2) is 0 Å². The third-order valence-electron chi connectivity index (χ3n) is 4.09. The monoisotopic (exact) mass is 295 g/mol. The molecule has 20 heavy (non-hydrogen) atoms. The number of rotatable bonds is 5. The van der Waals surface area contributed by atoms with Gasteiger partial charge in [-0.25, -0.2) is 4.79 Å². The number of hydrogen-bond donors (Lipinski definition) is 1. The van der Waals surface area contributed by atoms with Crippen molar-refractivity contribution in [2.75, 3.05) is 11.9 Å². The number of anilines is 1. The molecular weight excluding hydrogens is 273 g/mol. The molecule has 2 heterocycles. The Morgan fingerprint density at radius 2 is 2.35 bits per heavy atom. The summed E-state index contributed by atoms with van der Waals surface area (Å²) in [4.78, 5) is 15.8. The van der Waals surface area contributed by atoms with E-state index in [0.717, 1.165) is 27.2 Å². The number of nitrogen functional groups attached to an aromatic ring is 1. The van der Waals surface area contributed by atoms with Crippen LogP contribution in [0.25, 0.3) is 0 Å². The lowest BCUT2D eigenvalue weighted by molar-refractivity contribution is -0.0169. The molecule has 1 aliphatic heterocycles. The summed E-state index contributed by atoms with van der Waals surface area (Å²) in [5.41, 5.74) is 5.19. The van der Waals surface area contributed by atoms with Crippen LogP contribution in [0.4, 0.5) is 5.82 Å². The van der Waals surface area contributed by atoms with E-state index in [-0.39, 0.29) is 29.8 Å². The third-order valence-corrected chi connectivity index (χ3v) is 4.66. The zero-order valence-corrected chi connectivity index (χ0v) is 12.9. The Morgan fingerprint density at radius 1 is 1.60 bits per heavy atom. The highest BCUT2D eigenvalue weighted by molar-refractivity contribution is 7.36. The van der Waals surface area contributed by atoms with Crippen LogP contribution >= 0.6 is 8.20 Å². The first-order valence-corrected chi connectivity index (χ1v) is 8.27. The van der Waals surface area contributed by atoms with Crippen molar-refractivity contribution in [3.63, 3.8) is 0 Å². The summed E-state index contributed by atoms with van der Waals surface area (Å²) < 4.78 is 7.70. The minimum Gasteiger partial charge on any atom is -0.383 e. The summed E-state index contributed by atoms with van der Waals surface area (Å²) in [6, 6.07) is 1.64. The van der Waals surface area contributed by atoms with E-state index >= 15 is 0 Å². The van der Waals surface area contributed by atoms with Gasteiger partial charge in [-0.15, -0.1) is 8.20 Å². The van der Waals surface area contributed by atoms with Gasteiger partial charge in [0.1, 0.15) is 12.0 Å². The van der Waals surface area contributed by atoms with Crippen molar-refractivity contribution in [1.82, 2.24) is 9.55 Å². The Morgan fingerprint density at radius 3 is 2.95 bits per heavy atom. The van der Waals surface area contributed by atoms with Crippen LogP contribution in [0, 0.1) is 11.8 Å². The molecule has 1 aromatic rings. The van der Waals surface area contributed by atoms with Gasteiger partial charge in [-0.05, 0) is 24.6 Å². The second-order valence-electron chi connectivity index (χ2n) is 5.27. The van der Waals surface area contributed by atoms with Crippen LogP contribution in [-0.2, 0) is 4.74 Å². The molecular formula is C14H22N3O2P. The summed E-state index contributed by atoms with van der Waals surface area (Å²) >= 11 is 0. The van der Waals surface area contributed by atoms with Crippen LogP contribution in [0.15, 0.2) is 17.1 Å². The maximum absolute atomic E-state index is 12.0. The van der Waals surface area contributed by atoms with E-state index < -0.39 is 0 Å². The summed E-state index contributed by atoms with van der Waals surface area (Å²) in [5.74, 6) is 0.997. The van der Waals surface area contributed by atoms with Gasteiger partial charge >= 0.3 is 5.69 Å². The predicted octanol–water partition coefficient (Wildman–Crippen LogP) is 2.15. The van der Waals surface area contributed by atoms with Gasteiger partial charge in [-0.3, -0.25) is 4.57 Å². The Hall–Kier alpha value is -1.19. The number of ether oxygens (including phenoxy) is 1. The maximum Gasteiger partial charge on any atom is 0.351 e. The standard InChI is InChI=1S/C14H22N3O2P/c1-4-10-9(2)13(19-11(10)6-8-20-3)17-7-5-12(15)16-14(17)18/h5,7,9-11,13H,3-4,6,8H2,1-2H3,(H2,15,16,18). The molecule has 6 heteroatoms. The molecule has 0 spiro atoms. The number of nitrogens with two attached hydrogens (primary N) is 1. The van der Waals surface area contributed by atoms with Crippen LogP contribution in [-0.4, -0.2) is 28.1 Å². The van der Waals surface area contributed by atoms with Gasteiger partial charge in [0.05, 0.1) is 6.10 Å². The topological polar surface area (TPSA) is 70.1 Å². The fourth-order valence-corrected chi connectivity index (χ4v) is 3.46. The molecule has 0 aliphatic carbocycles. The highest BCUT2D eigenvalue weighted by Gasteiger charge is 2.41. The first kappa shape index (κ1) is 15.2. The Kier molecular flexibility index (Phi) is 4.95. The van der Waals surface area contributed by atoms with Crippen LogP contribution in [0.5, 0.6) is 0 Å². The van der Waals surface area contributed by atoms with Crippen molar-refractivity contribution in [2.45, 2.75) is 39.0 Å². The minimum atomic E-state index is -0.340. The lowest BCUT2D eigenvalue weighted by Gasteiger charge is -2.19. The molecule has 4 unspecified atom stereocenters. The summed E-state index contributed by atoms with van der Waals surface area (Å²) in [5, 5.41) is 0. The lowest BCUT2D eigenvalue weighted by atomic mass is 9.87. The molecule has 0 amide bonds. The highest BCUT2D eigenvalue weighted by Crippen LogP contribution is 2.41. The number of aromatic nitrogens is 2. The molecule has 0 bridgehead atoms. The average Bonchev–Trinajstić information content (AvgIpc) is 2.72. The SMILES string of the molecule is C=PCCC1OC(n2ccc(N)nc2=O)C(C)C1CC. The number of hydrogen-bond acceptors (Lipinski definition) is 4. The van der Waals surface area contributed by atoms with E-state index in [2.05, 4.69) is 25.1 Å². The molecule has 110 valence electrons. The smallest absolute Gasteiger partial charge is 0.351 e. The van der Waals surface area contributed by atoms with Crippen molar-refractivity contribution in [1.29, 1.82) is 0 Å². The lowest BCUT2D eigenvalue weighted by Crippen LogP contribution is -2.29. The zero-order valence-electron chi connectivity index (χ0n) is 12.0. The van der Waals surface area contributed by atoms with E-state index in [4.69, 9.17) is 10.5 Å². The molecule has 2 N–H and O–H groups in total. The molecule has 0 radical (unpaired) electrons. The van der Waals surface area contributed by atoms with Crippen molar-refractivity contribution in [3.8, 4) is 0 Å². The molecule has 1 saturated heterocycles. The second-order valence-corrected chi connectivity index (χ2v) is 6.17. The Labute approximate surface area is 121 Å². The van der Waals surface area contributed by atoms with Crippen LogP contribution in [0.2, 0.25) is 0 Å². The van der Waals surface area contributed by atoms with E-state index in [1.807, 2.05) is 0 Å². The normalized spacial score (nSPS) is 29.9. The van der Waals surface area contributed by atoms with E-state index in [0.29, 0.717) is 5.92 Å². The van der Waals surface area contributed by atoms with Crippen molar-refractivity contribution >= 4 is 20.3 Å². The molecule has 0 aromatic carbocycles. The zero-order chi connectivity index (χ0) is 14.7.